The summed E-state index contributed by atoms with van der Waals surface area (Å²) in [6.07, 6.45) is -0.614. The van der Waals surface area contributed by atoms with Gasteiger partial charge in [-0.15, -0.1) is 0 Å². The van der Waals surface area contributed by atoms with E-state index in [0.717, 1.165) is 11.1 Å². The number of benzene rings is 2. The molecule has 2 aromatic rings. The fourth-order valence-corrected chi connectivity index (χ4v) is 2.30. The van der Waals surface area contributed by atoms with Crippen LogP contribution in [-0.2, 0) is 6.54 Å². The number of rotatable bonds is 5. The second kappa shape index (κ2) is 7.38. The minimum absolute atomic E-state index is 0.475. The van der Waals surface area contributed by atoms with Crippen molar-refractivity contribution in [2.75, 3.05) is 13.6 Å². The highest BCUT2D eigenvalue weighted by Gasteiger charge is 2.11. The summed E-state index contributed by atoms with van der Waals surface area (Å²) in [4.78, 5) is 2.00. The zero-order valence-electron chi connectivity index (χ0n) is 12.4. The normalized spacial score (nSPS) is 11.7. The van der Waals surface area contributed by atoms with Crippen molar-refractivity contribution in [1.82, 2.24) is 4.90 Å². The maximum atomic E-state index is 10.3. The highest BCUT2D eigenvalue weighted by atomic mass is 16.3. The third-order valence-corrected chi connectivity index (χ3v) is 3.42. The summed E-state index contributed by atoms with van der Waals surface area (Å²) >= 11 is 0. The summed E-state index contributed by atoms with van der Waals surface area (Å²) in [5, 5.41) is 27.9. The summed E-state index contributed by atoms with van der Waals surface area (Å²) in [5.41, 5.74) is 3.04. The van der Waals surface area contributed by atoms with E-state index in [4.69, 9.17) is 10.5 Å². The van der Waals surface area contributed by atoms with Gasteiger partial charge in [-0.05, 0) is 42.4 Å². The Morgan fingerprint density at radius 2 is 1.73 bits per heavy atom. The zero-order valence-corrected chi connectivity index (χ0v) is 12.4. The van der Waals surface area contributed by atoms with E-state index in [0.29, 0.717) is 24.2 Å². The van der Waals surface area contributed by atoms with Crippen molar-refractivity contribution in [1.29, 1.82) is 10.5 Å². The van der Waals surface area contributed by atoms with Gasteiger partial charge in [-0.1, -0.05) is 24.3 Å². The lowest BCUT2D eigenvalue weighted by Gasteiger charge is -2.21. The molecule has 0 saturated carbocycles. The van der Waals surface area contributed by atoms with Crippen molar-refractivity contribution in [3.05, 3.63) is 70.8 Å². The molecule has 0 aromatic heterocycles. The second-order valence-corrected chi connectivity index (χ2v) is 5.26. The van der Waals surface area contributed by atoms with Crippen LogP contribution < -0.4 is 0 Å². The van der Waals surface area contributed by atoms with Gasteiger partial charge >= 0.3 is 0 Å². The summed E-state index contributed by atoms with van der Waals surface area (Å²) < 4.78 is 0. The molecular formula is C18H17N3O. The van der Waals surface area contributed by atoms with E-state index < -0.39 is 6.10 Å². The van der Waals surface area contributed by atoms with Crippen molar-refractivity contribution < 1.29 is 5.11 Å². The van der Waals surface area contributed by atoms with Crippen LogP contribution in [0.2, 0.25) is 0 Å². The maximum Gasteiger partial charge on any atom is 0.0991 e. The van der Waals surface area contributed by atoms with Gasteiger partial charge in [-0.3, -0.25) is 4.90 Å². The Balaban J connectivity index is 1.97. The van der Waals surface area contributed by atoms with Crippen LogP contribution in [0.3, 0.4) is 0 Å². The van der Waals surface area contributed by atoms with Gasteiger partial charge in [0.05, 0.1) is 29.4 Å². The lowest BCUT2D eigenvalue weighted by atomic mass is 10.1. The number of nitrogens with zero attached hydrogens (tertiary/aromatic N) is 3. The molecule has 0 aliphatic heterocycles. The molecule has 1 unspecified atom stereocenters. The Labute approximate surface area is 130 Å². The lowest BCUT2D eigenvalue weighted by molar-refractivity contribution is 0.124. The van der Waals surface area contributed by atoms with E-state index in [1.807, 2.05) is 30.1 Å². The maximum absolute atomic E-state index is 10.3. The van der Waals surface area contributed by atoms with Gasteiger partial charge in [-0.25, -0.2) is 0 Å². The third-order valence-electron chi connectivity index (χ3n) is 3.42. The predicted molar refractivity (Wildman–Crippen MR) is 83.6 cm³/mol. The fraction of sp³-hybridized carbons (Fsp3) is 0.222. The molecule has 0 aliphatic carbocycles. The van der Waals surface area contributed by atoms with Crippen LogP contribution in [0.5, 0.6) is 0 Å². The van der Waals surface area contributed by atoms with Crippen molar-refractivity contribution in [3.63, 3.8) is 0 Å². The van der Waals surface area contributed by atoms with Gasteiger partial charge < -0.3 is 5.11 Å². The monoisotopic (exact) mass is 291 g/mol. The Kier molecular flexibility index (Phi) is 5.27. The molecule has 1 N–H and O–H groups in total. The second-order valence-electron chi connectivity index (χ2n) is 5.26. The van der Waals surface area contributed by atoms with Crippen molar-refractivity contribution >= 4 is 0 Å². The van der Waals surface area contributed by atoms with Crippen LogP contribution in [0.25, 0.3) is 0 Å². The van der Waals surface area contributed by atoms with Crippen LogP contribution >= 0.6 is 0 Å². The molecule has 22 heavy (non-hydrogen) atoms. The molecule has 110 valence electrons. The SMILES string of the molecule is CN(Cc1cccc(C#N)c1)CC(O)c1ccc(C#N)cc1. The number of likely N-dealkylation sites (N-methyl/N-ethyl adjacent to an activating group) is 1. The predicted octanol–water partition coefficient (Wildman–Crippen LogP) is 2.60. The first kappa shape index (κ1) is 15.7. The molecule has 0 bridgehead atoms. The minimum Gasteiger partial charge on any atom is -0.387 e. The molecule has 0 spiro atoms. The Bertz CT molecular complexity index is 710. The molecule has 2 aromatic carbocycles. The van der Waals surface area contributed by atoms with Crippen molar-refractivity contribution in [2.45, 2.75) is 12.6 Å². The largest absolute Gasteiger partial charge is 0.387 e. The van der Waals surface area contributed by atoms with Crippen molar-refractivity contribution in [2.24, 2.45) is 0 Å². The lowest BCUT2D eigenvalue weighted by Crippen LogP contribution is -2.24. The number of hydrogen-bond acceptors (Lipinski definition) is 4. The van der Waals surface area contributed by atoms with Gasteiger partial charge in [0, 0.05) is 13.1 Å². The fourth-order valence-electron chi connectivity index (χ4n) is 2.30. The molecule has 0 aliphatic rings. The number of aliphatic hydroxyl groups is 1. The highest BCUT2D eigenvalue weighted by molar-refractivity contribution is 5.33. The van der Waals surface area contributed by atoms with Gasteiger partial charge in [0.25, 0.3) is 0 Å². The van der Waals surface area contributed by atoms with Crippen LogP contribution in [0, 0.1) is 22.7 Å². The molecule has 1 atom stereocenters. The van der Waals surface area contributed by atoms with E-state index in [9.17, 15) is 5.11 Å². The molecule has 4 nitrogen and oxygen atoms in total. The third kappa shape index (κ3) is 4.17. The molecule has 0 radical (unpaired) electrons. The molecule has 0 fully saturated rings. The van der Waals surface area contributed by atoms with E-state index in [1.54, 1.807) is 30.3 Å². The van der Waals surface area contributed by atoms with E-state index in [1.165, 1.54) is 0 Å². The topological polar surface area (TPSA) is 71.1 Å². The van der Waals surface area contributed by atoms with Crippen LogP contribution in [0.4, 0.5) is 0 Å². The first-order chi connectivity index (χ1) is 10.6. The summed E-state index contributed by atoms with van der Waals surface area (Å²) in [5.74, 6) is 0. The van der Waals surface area contributed by atoms with Gasteiger partial charge in [0.15, 0.2) is 0 Å². The number of aliphatic hydroxyl groups excluding tert-OH is 1. The van der Waals surface area contributed by atoms with E-state index in [-0.39, 0.29) is 0 Å². The zero-order chi connectivity index (χ0) is 15.9. The first-order valence-corrected chi connectivity index (χ1v) is 6.98. The molecule has 0 amide bonds. The van der Waals surface area contributed by atoms with Gasteiger partial charge in [0.1, 0.15) is 0 Å². The van der Waals surface area contributed by atoms with Crippen LogP contribution in [-0.4, -0.2) is 23.6 Å². The van der Waals surface area contributed by atoms with Gasteiger partial charge in [0.2, 0.25) is 0 Å². The Morgan fingerprint density at radius 1 is 1.05 bits per heavy atom. The smallest absolute Gasteiger partial charge is 0.0991 e. The van der Waals surface area contributed by atoms with Crippen LogP contribution in [0.1, 0.15) is 28.4 Å². The van der Waals surface area contributed by atoms with Crippen LogP contribution in [0.15, 0.2) is 48.5 Å². The first-order valence-electron chi connectivity index (χ1n) is 6.98. The summed E-state index contributed by atoms with van der Waals surface area (Å²) in [7, 11) is 1.92. The van der Waals surface area contributed by atoms with Gasteiger partial charge in [-0.2, -0.15) is 10.5 Å². The minimum atomic E-state index is -0.614. The molecule has 2 rings (SSSR count). The standard InChI is InChI=1S/C18H17N3O/c1-21(12-16-4-2-3-15(9-16)11-20)13-18(22)17-7-5-14(10-19)6-8-17/h2-9,18,22H,12-13H2,1H3. The Morgan fingerprint density at radius 3 is 2.36 bits per heavy atom. The van der Waals surface area contributed by atoms with E-state index >= 15 is 0 Å². The average molecular weight is 291 g/mol. The highest BCUT2D eigenvalue weighted by Crippen LogP contribution is 2.16. The average Bonchev–Trinajstić information content (AvgIpc) is 2.55. The van der Waals surface area contributed by atoms with Crippen molar-refractivity contribution in [3.8, 4) is 12.1 Å². The molecular weight excluding hydrogens is 274 g/mol. The number of hydrogen-bond donors (Lipinski definition) is 1. The summed E-state index contributed by atoms with van der Waals surface area (Å²) in [6, 6.07) is 18.6. The quantitative estimate of drug-likeness (QED) is 0.919. The summed E-state index contributed by atoms with van der Waals surface area (Å²) in [6.45, 7) is 1.13. The Hall–Kier alpha value is -2.66. The van der Waals surface area contributed by atoms with E-state index in [2.05, 4.69) is 12.1 Å². The molecule has 0 heterocycles. The number of nitriles is 2. The molecule has 0 saturated heterocycles. The molecule has 4 heteroatoms.